The highest BCUT2D eigenvalue weighted by Crippen LogP contribution is 2.09. The topological polar surface area (TPSA) is 56.0 Å². The summed E-state index contributed by atoms with van der Waals surface area (Å²) in [5.41, 5.74) is 6.18. The number of pyridine rings is 1. The lowest BCUT2D eigenvalue weighted by atomic mass is 10.3. The van der Waals surface area contributed by atoms with Gasteiger partial charge in [-0.05, 0) is 12.1 Å². The summed E-state index contributed by atoms with van der Waals surface area (Å²) in [6, 6.07) is 3.59. The molecule has 1 unspecified atom stereocenters. The van der Waals surface area contributed by atoms with Crippen LogP contribution in [0.2, 0.25) is 0 Å². The zero-order chi connectivity index (χ0) is 8.97. The Morgan fingerprint density at radius 1 is 1.67 bits per heavy atom. The number of nitrogens with two attached hydrogens (primary N) is 1. The predicted octanol–water partition coefficient (Wildman–Crippen LogP) is 0.668. The van der Waals surface area contributed by atoms with E-state index in [1.165, 1.54) is 0 Å². The molecule has 12 heavy (non-hydrogen) atoms. The van der Waals surface area contributed by atoms with Crippen molar-refractivity contribution in [1.82, 2.24) is 4.98 Å². The summed E-state index contributed by atoms with van der Waals surface area (Å²) in [5, 5.41) is 0. The number of rotatable bonds is 3. The van der Waals surface area contributed by atoms with Crippen LogP contribution in [0.3, 0.4) is 0 Å². The molecule has 0 radical (unpaired) electrons. The lowest BCUT2D eigenvalue weighted by molar-refractivity contribution is 0.682. The van der Waals surface area contributed by atoms with Crippen LogP contribution in [0.5, 0.6) is 0 Å². The average molecular weight is 184 g/mol. The van der Waals surface area contributed by atoms with Crippen LogP contribution < -0.4 is 5.73 Å². The first kappa shape index (κ1) is 9.35. The van der Waals surface area contributed by atoms with Gasteiger partial charge in [0.2, 0.25) is 0 Å². The first-order chi connectivity index (χ1) is 5.79. The molecule has 66 valence electrons. The molecule has 0 bridgehead atoms. The number of nitrogens with zero attached hydrogens (tertiary/aromatic N) is 1. The Morgan fingerprint density at radius 2 is 2.42 bits per heavy atom. The third-order valence-corrected chi connectivity index (χ3v) is 2.94. The van der Waals surface area contributed by atoms with Crippen LogP contribution in [0.25, 0.3) is 0 Å². The van der Waals surface area contributed by atoms with Crippen molar-refractivity contribution in [3.05, 3.63) is 24.0 Å². The lowest BCUT2D eigenvalue weighted by Crippen LogP contribution is -2.06. The number of aromatic nitrogens is 1. The van der Waals surface area contributed by atoms with E-state index in [0.717, 1.165) is 10.6 Å². The molecule has 0 fully saturated rings. The van der Waals surface area contributed by atoms with Gasteiger partial charge in [-0.25, -0.2) is 0 Å². The molecule has 3 nitrogen and oxygen atoms in total. The molecule has 1 atom stereocenters. The third-order valence-electron chi connectivity index (χ3n) is 1.55. The maximum Gasteiger partial charge on any atom is 0.0700 e. The fourth-order valence-electron chi connectivity index (χ4n) is 0.939. The Labute approximate surface area is 74.5 Å². The first-order valence-electron chi connectivity index (χ1n) is 3.82. The van der Waals surface area contributed by atoms with E-state index in [2.05, 4.69) is 4.98 Å². The van der Waals surface area contributed by atoms with Gasteiger partial charge < -0.3 is 5.73 Å². The SMILES string of the molecule is CCS(=O)c1cccnc1CN. The second-order valence-electron chi connectivity index (χ2n) is 2.29. The Kier molecular flexibility index (Phi) is 3.37. The largest absolute Gasteiger partial charge is 0.325 e. The van der Waals surface area contributed by atoms with Crippen LogP contribution in [-0.2, 0) is 17.3 Å². The predicted molar refractivity (Wildman–Crippen MR) is 49.1 cm³/mol. The second-order valence-corrected chi connectivity index (χ2v) is 3.99. The van der Waals surface area contributed by atoms with Crippen molar-refractivity contribution in [2.24, 2.45) is 5.73 Å². The summed E-state index contributed by atoms with van der Waals surface area (Å²) in [4.78, 5) is 4.81. The van der Waals surface area contributed by atoms with E-state index in [4.69, 9.17) is 5.73 Å². The molecular weight excluding hydrogens is 172 g/mol. The summed E-state index contributed by atoms with van der Waals surface area (Å²) >= 11 is 0. The zero-order valence-electron chi connectivity index (χ0n) is 6.99. The highest BCUT2D eigenvalue weighted by molar-refractivity contribution is 7.85. The molecule has 0 aliphatic carbocycles. The van der Waals surface area contributed by atoms with E-state index in [-0.39, 0.29) is 0 Å². The molecule has 0 aliphatic heterocycles. The van der Waals surface area contributed by atoms with Crippen molar-refractivity contribution in [3.8, 4) is 0 Å². The molecule has 4 heteroatoms. The van der Waals surface area contributed by atoms with E-state index in [1.54, 1.807) is 12.3 Å². The zero-order valence-corrected chi connectivity index (χ0v) is 7.80. The first-order valence-corrected chi connectivity index (χ1v) is 5.13. The molecule has 1 aromatic heterocycles. The number of hydrogen-bond acceptors (Lipinski definition) is 3. The van der Waals surface area contributed by atoms with Crippen molar-refractivity contribution in [1.29, 1.82) is 0 Å². The normalized spacial score (nSPS) is 12.8. The highest BCUT2D eigenvalue weighted by atomic mass is 32.2. The van der Waals surface area contributed by atoms with Gasteiger partial charge in [0, 0.05) is 18.5 Å². The summed E-state index contributed by atoms with van der Waals surface area (Å²) < 4.78 is 11.4. The molecule has 2 N–H and O–H groups in total. The molecule has 0 aliphatic rings. The lowest BCUT2D eigenvalue weighted by Gasteiger charge is -2.03. The van der Waals surface area contributed by atoms with Gasteiger partial charge in [0.1, 0.15) is 0 Å². The number of hydrogen-bond donors (Lipinski definition) is 1. The quantitative estimate of drug-likeness (QED) is 0.751. The average Bonchev–Trinajstić information content (AvgIpc) is 2.16. The highest BCUT2D eigenvalue weighted by Gasteiger charge is 2.06. The Balaban J connectivity index is 3.04. The summed E-state index contributed by atoms with van der Waals surface area (Å²) in [5.74, 6) is 0.610. The second kappa shape index (κ2) is 4.33. The summed E-state index contributed by atoms with van der Waals surface area (Å²) in [6.45, 7) is 2.23. The maximum absolute atomic E-state index is 11.4. The van der Waals surface area contributed by atoms with Gasteiger partial charge in [-0.15, -0.1) is 0 Å². The molecule has 1 aromatic rings. The summed E-state index contributed by atoms with van der Waals surface area (Å²) in [6.07, 6.45) is 1.67. The van der Waals surface area contributed by atoms with Crippen LogP contribution in [0, 0.1) is 0 Å². The van der Waals surface area contributed by atoms with Crippen LogP contribution in [0.4, 0.5) is 0 Å². The van der Waals surface area contributed by atoms with Gasteiger partial charge in [-0.2, -0.15) is 0 Å². The molecule has 0 spiro atoms. The fraction of sp³-hybridized carbons (Fsp3) is 0.375. The smallest absolute Gasteiger partial charge is 0.0700 e. The van der Waals surface area contributed by atoms with Crippen LogP contribution in [0.1, 0.15) is 12.6 Å². The Bertz CT molecular complexity index is 288. The molecular formula is C8H12N2OS. The Hall–Kier alpha value is -0.740. The standard InChI is InChI=1S/C8H12N2OS/c1-2-12(11)8-4-3-5-10-7(8)6-9/h3-5H,2,6,9H2,1H3. The van der Waals surface area contributed by atoms with Crippen LogP contribution >= 0.6 is 0 Å². The van der Waals surface area contributed by atoms with Crippen molar-refractivity contribution < 1.29 is 4.21 Å². The van der Waals surface area contributed by atoms with Crippen molar-refractivity contribution >= 4 is 10.8 Å². The van der Waals surface area contributed by atoms with Gasteiger partial charge in [0.15, 0.2) is 0 Å². The van der Waals surface area contributed by atoms with Gasteiger partial charge in [-0.3, -0.25) is 9.19 Å². The van der Waals surface area contributed by atoms with Gasteiger partial charge in [-0.1, -0.05) is 6.92 Å². The van der Waals surface area contributed by atoms with Gasteiger partial charge in [0.05, 0.1) is 21.4 Å². The van der Waals surface area contributed by atoms with Crippen molar-refractivity contribution in [3.63, 3.8) is 0 Å². The van der Waals surface area contributed by atoms with E-state index in [1.807, 2.05) is 13.0 Å². The van der Waals surface area contributed by atoms with Gasteiger partial charge in [0.25, 0.3) is 0 Å². The van der Waals surface area contributed by atoms with E-state index < -0.39 is 10.8 Å². The van der Waals surface area contributed by atoms with E-state index in [9.17, 15) is 4.21 Å². The van der Waals surface area contributed by atoms with Crippen molar-refractivity contribution in [2.75, 3.05) is 5.75 Å². The molecule has 0 saturated heterocycles. The minimum absolute atomic E-state index is 0.349. The van der Waals surface area contributed by atoms with Crippen LogP contribution in [-0.4, -0.2) is 14.9 Å². The minimum atomic E-state index is -0.944. The van der Waals surface area contributed by atoms with E-state index in [0.29, 0.717) is 12.3 Å². The molecule has 0 saturated carbocycles. The molecule has 1 heterocycles. The molecule has 1 rings (SSSR count). The maximum atomic E-state index is 11.4. The Morgan fingerprint density at radius 3 is 3.00 bits per heavy atom. The van der Waals surface area contributed by atoms with Crippen LogP contribution in [0.15, 0.2) is 23.2 Å². The van der Waals surface area contributed by atoms with Gasteiger partial charge >= 0.3 is 0 Å². The third kappa shape index (κ3) is 1.89. The monoisotopic (exact) mass is 184 g/mol. The molecule has 0 aromatic carbocycles. The molecule has 0 amide bonds. The summed E-state index contributed by atoms with van der Waals surface area (Å²) in [7, 11) is -0.944. The van der Waals surface area contributed by atoms with Crippen molar-refractivity contribution in [2.45, 2.75) is 18.4 Å². The minimum Gasteiger partial charge on any atom is -0.325 e. The van der Waals surface area contributed by atoms with E-state index >= 15 is 0 Å². The fourth-order valence-corrected chi connectivity index (χ4v) is 1.88.